The van der Waals surface area contributed by atoms with Crippen LogP contribution in [0.15, 0.2) is 30.2 Å². The number of amides is 2. The Bertz CT molecular complexity index is 665. The van der Waals surface area contributed by atoms with Crippen LogP contribution in [0.1, 0.15) is 26.1 Å². The normalized spacial score (nSPS) is 42.5. The predicted molar refractivity (Wildman–Crippen MR) is 65.9 cm³/mol. The van der Waals surface area contributed by atoms with E-state index < -0.39 is 18.1 Å². The second kappa shape index (κ2) is 3.25. The minimum atomic E-state index is -0.428. The number of carbonyl (C=O) groups excluding carboxylic acids is 1. The third kappa shape index (κ3) is 1.20. The Balaban J connectivity index is 1.87. The number of nitrogens with one attached hydrogen (secondary N) is 1. The number of hydrogen-bond acceptors (Lipinski definition) is 1. The van der Waals surface area contributed by atoms with Gasteiger partial charge >= 0.3 is 6.03 Å². The zero-order chi connectivity index (χ0) is 15.8. The van der Waals surface area contributed by atoms with Gasteiger partial charge in [-0.25, -0.2) is 4.79 Å². The lowest BCUT2D eigenvalue weighted by molar-refractivity contribution is 0.249. The van der Waals surface area contributed by atoms with E-state index in [9.17, 15) is 4.79 Å². The summed E-state index contributed by atoms with van der Waals surface area (Å²) in [5.41, 5.74) is 0.0172. The van der Waals surface area contributed by atoms with Gasteiger partial charge in [0.05, 0.1) is 18.9 Å². The van der Waals surface area contributed by atoms with Crippen molar-refractivity contribution in [2.24, 2.45) is 11.8 Å². The van der Waals surface area contributed by atoms with Gasteiger partial charge in [-0.1, -0.05) is 18.1 Å². The molecule has 3 fully saturated rings. The topological polar surface area (TPSA) is 32.3 Å². The third-order valence-electron chi connectivity index (χ3n) is 4.41. The van der Waals surface area contributed by atoms with Crippen molar-refractivity contribution in [3.63, 3.8) is 0 Å². The molecule has 2 amide bonds. The fraction of sp³-hybridized carbons (Fsp3) is 0.500. The number of hydrogen-bond donors (Lipinski definition) is 1. The molecular weight excluding hydrogens is 212 g/mol. The van der Waals surface area contributed by atoms with Gasteiger partial charge in [-0.05, 0) is 43.2 Å². The lowest BCUT2D eigenvalue weighted by Gasteiger charge is -2.29. The first-order valence-corrected chi connectivity index (χ1v) is 6.08. The van der Waals surface area contributed by atoms with Crippen LogP contribution in [0.2, 0.25) is 0 Å². The van der Waals surface area contributed by atoms with Crippen molar-refractivity contribution in [3.8, 4) is 0 Å². The Labute approximate surface area is 108 Å². The van der Waals surface area contributed by atoms with Gasteiger partial charge in [0.1, 0.15) is 0 Å². The van der Waals surface area contributed by atoms with Crippen LogP contribution < -0.4 is 10.2 Å². The van der Waals surface area contributed by atoms with Crippen LogP contribution in [0, 0.1) is 11.8 Å². The summed E-state index contributed by atoms with van der Waals surface area (Å²) in [6.45, 7) is 0. The predicted octanol–water partition coefficient (Wildman–Crippen LogP) is 2.38. The van der Waals surface area contributed by atoms with Crippen LogP contribution in [0.25, 0.3) is 0 Å². The van der Waals surface area contributed by atoms with Crippen LogP contribution in [-0.4, -0.2) is 18.1 Å². The zero-order valence-electron chi connectivity index (χ0n) is 14.3. The van der Waals surface area contributed by atoms with Gasteiger partial charge in [0.15, 0.2) is 0 Å². The lowest BCUT2D eigenvalue weighted by Crippen LogP contribution is -2.41. The van der Waals surface area contributed by atoms with Gasteiger partial charge in [0.2, 0.25) is 0 Å². The van der Waals surface area contributed by atoms with E-state index in [0.717, 1.165) is 19.3 Å². The second-order valence-electron chi connectivity index (χ2n) is 5.14. The SMILES string of the molecule is [2H]c1c([2H])c([2H])c(N2C(=O)NC3C4CCC(C4)C32)c([2H])c1[2H]. The molecule has 4 unspecified atom stereocenters. The molecule has 2 aliphatic carbocycles. The van der Waals surface area contributed by atoms with E-state index >= 15 is 0 Å². The molecule has 2 saturated carbocycles. The zero-order valence-corrected chi connectivity index (χ0v) is 9.29. The average molecular weight is 233 g/mol. The summed E-state index contributed by atoms with van der Waals surface area (Å²) in [6.07, 6.45) is 3.18. The number of para-hydroxylation sites is 1. The monoisotopic (exact) mass is 233 g/mol. The number of nitrogens with zero attached hydrogens (tertiary/aromatic N) is 1. The van der Waals surface area contributed by atoms with E-state index in [4.69, 9.17) is 6.85 Å². The van der Waals surface area contributed by atoms with Crippen molar-refractivity contribution < 1.29 is 11.6 Å². The molecule has 1 aromatic rings. The number of rotatable bonds is 1. The minimum absolute atomic E-state index is 0.0172. The van der Waals surface area contributed by atoms with Crippen molar-refractivity contribution in [1.82, 2.24) is 5.32 Å². The summed E-state index contributed by atoms with van der Waals surface area (Å²) < 4.78 is 39.4. The molecule has 88 valence electrons. The summed E-state index contributed by atoms with van der Waals surface area (Å²) in [5.74, 6) is 0.806. The first-order chi connectivity index (χ1) is 10.4. The van der Waals surface area contributed by atoms with Crippen molar-refractivity contribution in [2.75, 3.05) is 4.90 Å². The molecule has 1 aliphatic heterocycles. The molecule has 4 atom stereocenters. The maximum Gasteiger partial charge on any atom is 0.322 e. The molecular formula is C14H16N2O. The molecule has 3 heteroatoms. The molecule has 1 aromatic carbocycles. The van der Waals surface area contributed by atoms with Gasteiger partial charge < -0.3 is 5.32 Å². The second-order valence-corrected chi connectivity index (χ2v) is 5.14. The minimum Gasteiger partial charge on any atom is -0.333 e. The highest BCUT2D eigenvalue weighted by molar-refractivity contribution is 5.96. The number of fused-ring (bicyclic) bond motifs is 5. The van der Waals surface area contributed by atoms with Gasteiger partial charge in [0.25, 0.3) is 0 Å². The van der Waals surface area contributed by atoms with E-state index in [2.05, 4.69) is 5.32 Å². The van der Waals surface area contributed by atoms with Crippen LogP contribution in [0.5, 0.6) is 0 Å². The van der Waals surface area contributed by atoms with Crippen LogP contribution in [0.3, 0.4) is 0 Å². The van der Waals surface area contributed by atoms with Crippen molar-refractivity contribution in [2.45, 2.75) is 31.3 Å². The molecule has 2 bridgehead atoms. The van der Waals surface area contributed by atoms with Crippen LogP contribution >= 0.6 is 0 Å². The summed E-state index contributed by atoms with van der Waals surface area (Å²) in [7, 11) is 0. The third-order valence-corrected chi connectivity index (χ3v) is 4.41. The van der Waals surface area contributed by atoms with E-state index in [-0.39, 0.29) is 35.9 Å². The Kier molecular flexibility index (Phi) is 1.13. The molecule has 3 nitrogen and oxygen atoms in total. The van der Waals surface area contributed by atoms with Crippen LogP contribution in [-0.2, 0) is 0 Å². The Morgan fingerprint density at radius 2 is 2.00 bits per heavy atom. The molecule has 0 radical (unpaired) electrons. The summed E-state index contributed by atoms with van der Waals surface area (Å²) in [6, 6.07) is -2.20. The molecule has 1 N–H and O–H groups in total. The highest BCUT2D eigenvalue weighted by atomic mass is 16.2. The first-order valence-electron chi connectivity index (χ1n) is 8.58. The average Bonchev–Trinajstić information content (AvgIpc) is 3.17. The molecule has 3 aliphatic rings. The Morgan fingerprint density at radius 1 is 1.24 bits per heavy atom. The van der Waals surface area contributed by atoms with E-state index in [0.29, 0.717) is 11.8 Å². The van der Waals surface area contributed by atoms with Crippen LogP contribution in [0.4, 0.5) is 10.5 Å². The Hall–Kier alpha value is -1.51. The number of carbonyl (C=O) groups is 1. The molecule has 0 spiro atoms. The van der Waals surface area contributed by atoms with Gasteiger partial charge in [-0.2, -0.15) is 0 Å². The fourth-order valence-electron chi connectivity index (χ4n) is 3.80. The Morgan fingerprint density at radius 3 is 2.82 bits per heavy atom. The molecule has 1 saturated heterocycles. The van der Waals surface area contributed by atoms with Crippen molar-refractivity contribution in [3.05, 3.63) is 30.2 Å². The maximum absolute atomic E-state index is 12.4. The van der Waals surface area contributed by atoms with E-state index in [1.807, 2.05) is 0 Å². The number of anilines is 1. The number of urea groups is 1. The van der Waals surface area contributed by atoms with E-state index in [1.54, 1.807) is 0 Å². The smallest absolute Gasteiger partial charge is 0.322 e. The molecule has 1 heterocycles. The van der Waals surface area contributed by atoms with Gasteiger partial charge in [0, 0.05) is 5.69 Å². The summed E-state index contributed by atoms with van der Waals surface area (Å²) >= 11 is 0. The lowest BCUT2D eigenvalue weighted by atomic mass is 9.91. The number of benzene rings is 1. The molecule has 17 heavy (non-hydrogen) atoms. The molecule has 0 aromatic heterocycles. The quantitative estimate of drug-likeness (QED) is 0.793. The summed E-state index contributed by atoms with van der Waals surface area (Å²) in [4.78, 5) is 13.8. The van der Waals surface area contributed by atoms with Crippen molar-refractivity contribution in [1.29, 1.82) is 0 Å². The van der Waals surface area contributed by atoms with Gasteiger partial charge in [-0.3, -0.25) is 4.90 Å². The largest absolute Gasteiger partial charge is 0.333 e. The highest BCUT2D eigenvalue weighted by Gasteiger charge is 2.56. The standard InChI is InChI=1S/C14H16N2O/c17-14-15-12-9-6-7-10(8-9)13(12)16(14)11-4-2-1-3-5-11/h1-5,9-10,12-13H,6-8H2,(H,15,17)/i1D,2D,3D,4D,5D. The maximum atomic E-state index is 12.4. The van der Waals surface area contributed by atoms with E-state index in [1.165, 1.54) is 4.90 Å². The fourth-order valence-corrected chi connectivity index (χ4v) is 3.80. The summed E-state index contributed by atoms with van der Waals surface area (Å²) in [5, 5.41) is 2.95. The molecule has 4 rings (SSSR count). The van der Waals surface area contributed by atoms with Gasteiger partial charge in [-0.15, -0.1) is 0 Å². The first kappa shape index (κ1) is 5.89. The van der Waals surface area contributed by atoms with Crippen molar-refractivity contribution >= 4 is 11.7 Å². The highest BCUT2D eigenvalue weighted by Crippen LogP contribution is 2.49.